The zero-order valence-electron chi connectivity index (χ0n) is 16.5. The fourth-order valence-corrected chi connectivity index (χ4v) is 5.89. The van der Waals surface area contributed by atoms with Crippen LogP contribution in [0.3, 0.4) is 0 Å². The third-order valence-electron chi connectivity index (χ3n) is 6.68. The highest BCUT2D eigenvalue weighted by atomic mass is 16.5. The van der Waals surface area contributed by atoms with Crippen molar-refractivity contribution in [3.8, 4) is 11.5 Å². The van der Waals surface area contributed by atoms with Crippen LogP contribution < -0.4 is 20.1 Å². The molecule has 2 amide bonds. The average Bonchev–Trinajstić information content (AvgIpc) is 2.68. The fourth-order valence-electron chi connectivity index (χ4n) is 5.89. The molecule has 0 heterocycles. The van der Waals surface area contributed by atoms with Crippen molar-refractivity contribution in [2.75, 3.05) is 26.8 Å². The van der Waals surface area contributed by atoms with Crippen LogP contribution in [0.1, 0.15) is 38.5 Å². The number of hydrogen-bond donors (Lipinski definition) is 2. The molecule has 0 aliphatic heterocycles. The van der Waals surface area contributed by atoms with E-state index in [1.807, 2.05) is 12.1 Å². The summed E-state index contributed by atoms with van der Waals surface area (Å²) in [5, 5.41) is 5.87. The van der Waals surface area contributed by atoms with Crippen LogP contribution >= 0.6 is 0 Å². The molecule has 2 N–H and O–H groups in total. The van der Waals surface area contributed by atoms with E-state index in [4.69, 9.17) is 9.47 Å². The van der Waals surface area contributed by atoms with Crippen LogP contribution in [0.15, 0.2) is 24.3 Å². The first-order chi connectivity index (χ1) is 13.6. The molecule has 0 atom stereocenters. The summed E-state index contributed by atoms with van der Waals surface area (Å²) in [6, 6.07) is 7.22. The first-order valence-corrected chi connectivity index (χ1v) is 10.4. The predicted octanol–water partition coefficient (Wildman–Crippen LogP) is 2.52. The summed E-state index contributed by atoms with van der Waals surface area (Å²) < 4.78 is 10.7. The van der Waals surface area contributed by atoms with Crippen molar-refractivity contribution in [3.63, 3.8) is 0 Å². The van der Waals surface area contributed by atoms with Crippen LogP contribution in [0.25, 0.3) is 0 Å². The van der Waals surface area contributed by atoms with Crippen molar-refractivity contribution in [1.29, 1.82) is 0 Å². The van der Waals surface area contributed by atoms with E-state index in [0.717, 1.165) is 37.0 Å². The van der Waals surface area contributed by atoms with Crippen molar-refractivity contribution < 1.29 is 19.1 Å². The summed E-state index contributed by atoms with van der Waals surface area (Å²) in [4.78, 5) is 24.9. The number of amides is 2. The Morgan fingerprint density at radius 2 is 1.54 bits per heavy atom. The van der Waals surface area contributed by atoms with Gasteiger partial charge in [0.25, 0.3) is 5.91 Å². The highest BCUT2D eigenvalue weighted by Crippen LogP contribution is 2.60. The Hall–Kier alpha value is -2.24. The Morgan fingerprint density at radius 3 is 2.14 bits per heavy atom. The molecule has 4 saturated carbocycles. The normalized spacial score (nSPS) is 30.0. The minimum Gasteiger partial charge on any atom is -0.493 e. The number of carbonyl (C=O) groups excluding carboxylic acids is 2. The van der Waals surface area contributed by atoms with Gasteiger partial charge < -0.3 is 20.1 Å². The van der Waals surface area contributed by atoms with Gasteiger partial charge in [-0.15, -0.1) is 0 Å². The van der Waals surface area contributed by atoms with Gasteiger partial charge in [-0.05, 0) is 68.4 Å². The molecule has 0 radical (unpaired) electrons. The van der Waals surface area contributed by atoms with E-state index < -0.39 is 0 Å². The van der Waals surface area contributed by atoms with Crippen molar-refractivity contribution in [2.45, 2.75) is 38.5 Å². The Bertz CT molecular complexity index is 698. The van der Waals surface area contributed by atoms with Gasteiger partial charge in [0.1, 0.15) is 0 Å². The van der Waals surface area contributed by atoms with Crippen molar-refractivity contribution in [3.05, 3.63) is 24.3 Å². The smallest absolute Gasteiger partial charge is 0.258 e. The van der Waals surface area contributed by atoms with Gasteiger partial charge in [0.15, 0.2) is 18.1 Å². The highest BCUT2D eigenvalue weighted by molar-refractivity contribution is 5.83. The molecular formula is C22H30N2O4. The third kappa shape index (κ3) is 3.96. The predicted molar refractivity (Wildman–Crippen MR) is 105 cm³/mol. The van der Waals surface area contributed by atoms with Gasteiger partial charge in [-0.3, -0.25) is 9.59 Å². The standard InChI is InChI=1S/C22H30N2O4/c1-27-18-4-2-3-5-19(18)28-14-20(25)23-6-7-24-21(26)22-11-15-8-16(12-22)10-17(9-15)13-22/h2-5,15-17H,6-14H2,1H3,(H,23,25)(H,24,26). The second-order valence-corrected chi connectivity index (χ2v) is 8.74. The van der Waals surface area contributed by atoms with E-state index in [-0.39, 0.29) is 23.8 Å². The molecule has 0 aromatic heterocycles. The SMILES string of the molecule is COc1ccccc1OCC(=O)NCCNC(=O)C12CC3CC(CC(C3)C1)C2. The molecule has 4 aliphatic carbocycles. The molecule has 28 heavy (non-hydrogen) atoms. The summed E-state index contributed by atoms with van der Waals surface area (Å²) in [7, 11) is 1.56. The van der Waals surface area contributed by atoms with Crippen molar-refractivity contribution in [1.82, 2.24) is 10.6 Å². The first kappa shape index (κ1) is 19.1. The van der Waals surface area contributed by atoms with Crippen LogP contribution in [0.4, 0.5) is 0 Å². The number of benzene rings is 1. The maximum atomic E-state index is 12.9. The Labute approximate surface area is 166 Å². The van der Waals surface area contributed by atoms with Crippen molar-refractivity contribution >= 4 is 11.8 Å². The lowest BCUT2D eigenvalue weighted by atomic mass is 9.49. The first-order valence-electron chi connectivity index (χ1n) is 10.4. The number of methoxy groups -OCH3 is 1. The number of rotatable bonds is 8. The van der Waals surface area contributed by atoms with E-state index in [2.05, 4.69) is 10.6 Å². The van der Waals surface area contributed by atoms with Crippen LogP contribution in [-0.4, -0.2) is 38.6 Å². The lowest BCUT2D eigenvalue weighted by Gasteiger charge is -2.55. The van der Waals surface area contributed by atoms with E-state index >= 15 is 0 Å². The van der Waals surface area contributed by atoms with Crippen LogP contribution in [0, 0.1) is 23.2 Å². The highest BCUT2D eigenvalue weighted by Gasteiger charge is 2.54. The van der Waals surface area contributed by atoms with E-state index in [0.29, 0.717) is 24.6 Å². The van der Waals surface area contributed by atoms with E-state index in [9.17, 15) is 9.59 Å². The number of hydrogen-bond acceptors (Lipinski definition) is 4. The Kier molecular flexibility index (Phi) is 5.47. The van der Waals surface area contributed by atoms with Crippen LogP contribution in [0.5, 0.6) is 11.5 Å². The van der Waals surface area contributed by atoms with Crippen molar-refractivity contribution in [2.24, 2.45) is 23.2 Å². The van der Waals surface area contributed by atoms with Gasteiger partial charge in [-0.2, -0.15) is 0 Å². The van der Waals surface area contributed by atoms with Gasteiger partial charge >= 0.3 is 0 Å². The third-order valence-corrected chi connectivity index (χ3v) is 6.68. The summed E-state index contributed by atoms with van der Waals surface area (Å²) >= 11 is 0. The Morgan fingerprint density at radius 1 is 0.964 bits per heavy atom. The molecule has 5 rings (SSSR count). The molecule has 4 fully saturated rings. The number of carbonyl (C=O) groups is 2. The lowest BCUT2D eigenvalue weighted by Crippen LogP contribution is -2.54. The maximum absolute atomic E-state index is 12.9. The second kappa shape index (κ2) is 8.02. The zero-order chi connectivity index (χ0) is 19.6. The summed E-state index contributed by atoms with van der Waals surface area (Å²) in [5.74, 6) is 3.38. The average molecular weight is 386 g/mol. The Balaban J connectivity index is 1.18. The number of nitrogens with one attached hydrogen (secondary N) is 2. The summed E-state index contributed by atoms with van der Waals surface area (Å²) in [6.45, 7) is 0.788. The maximum Gasteiger partial charge on any atom is 0.258 e. The molecule has 4 bridgehead atoms. The zero-order valence-corrected chi connectivity index (χ0v) is 16.5. The quantitative estimate of drug-likeness (QED) is 0.673. The number of ether oxygens (including phenoxy) is 2. The molecule has 6 nitrogen and oxygen atoms in total. The molecule has 152 valence electrons. The van der Waals surface area contributed by atoms with Gasteiger partial charge in [-0.1, -0.05) is 12.1 Å². The molecule has 4 aliphatic rings. The van der Waals surface area contributed by atoms with Crippen LogP contribution in [-0.2, 0) is 9.59 Å². The fraction of sp³-hybridized carbons (Fsp3) is 0.636. The molecule has 0 saturated heterocycles. The lowest BCUT2D eigenvalue weighted by molar-refractivity contribution is -0.146. The summed E-state index contributed by atoms with van der Waals surface area (Å²) in [5.41, 5.74) is -0.133. The molecule has 0 unspecified atom stereocenters. The minimum absolute atomic E-state index is 0.0801. The topological polar surface area (TPSA) is 76.7 Å². The largest absolute Gasteiger partial charge is 0.493 e. The molecular weight excluding hydrogens is 356 g/mol. The molecule has 1 aromatic carbocycles. The molecule has 0 spiro atoms. The van der Waals surface area contributed by atoms with Gasteiger partial charge in [0.05, 0.1) is 7.11 Å². The molecule has 1 aromatic rings. The molecule has 6 heteroatoms. The van der Waals surface area contributed by atoms with Gasteiger partial charge in [0.2, 0.25) is 5.91 Å². The van der Waals surface area contributed by atoms with E-state index in [1.165, 1.54) is 19.3 Å². The summed E-state index contributed by atoms with van der Waals surface area (Å²) in [6.07, 6.45) is 7.16. The minimum atomic E-state index is -0.213. The van der Waals surface area contributed by atoms with Crippen LogP contribution in [0.2, 0.25) is 0 Å². The van der Waals surface area contributed by atoms with Gasteiger partial charge in [-0.25, -0.2) is 0 Å². The monoisotopic (exact) mass is 386 g/mol. The van der Waals surface area contributed by atoms with Gasteiger partial charge in [0, 0.05) is 18.5 Å². The second-order valence-electron chi connectivity index (χ2n) is 8.74. The van der Waals surface area contributed by atoms with E-state index in [1.54, 1.807) is 19.2 Å². The number of para-hydroxylation sites is 2.